The number of carbonyl (C=O) groups excluding carboxylic acids is 4. The van der Waals surface area contributed by atoms with E-state index in [1.807, 2.05) is 0 Å². The number of halogens is 2. The molecule has 2 saturated heterocycles. The first kappa shape index (κ1) is 20.5. The summed E-state index contributed by atoms with van der Waals surface area (Å²) in [6, 6.07) is 9.61. The van der Waals surface area contributed by atoms with Gasteiger partial charge in [-0.15, -0.1) is 0 Å². The third kappa shape index (κ3) is 3.48. The zero-order valence-electron chi connectivity index (χ0n) is 15.4. The van der Waals surface area contributed by atoms with E-state index in [9.17, 15) is 24.4 Å². The van der Waals surface area contributed by atoms with Crippen molar-refractivity contribution < 1.29 is 24.4 Å². The van der Waals surface area contributed by atoms with Gasteiger partial charge < -0.3 is 5.21 Å². The van der Waals surface area contributed by atoms with Crippen LogP contribution in [0, 0.1) is 0 Å². The van der Waals surface area contributed by atoms with E-state index >= 15 is 0 Å². The zero-order valence-corrected chi connectivity index (χ0v) is 16.9. The van der Waals surface area contributed by atoms with Crippen molar-refractivity contribution in [3.05, 3.63) is 58.6 Å². The summed E-state index contributed by atoms with van der Waals surface area (Å²) in [7, 11) is 0. The summed E-state index contributed by atoms with van der Waals surface area (Å²) < 4.78 is 0. The molecule has 0 aromatic heterocycles. The van der Waals surface area contributed by atoms with Gasteiger partial charge in [0.15, 0.2) is 0 Å². The maximum Gasteiger partial charge on any atom is 0.254 e. The fourth-order valence-electron chi connectivity index (χ4n) is 3.59. The Morgan fingerprint density at radius 2 is 1.03 bits per heavy atom. The van der Waals surface area contributed by atoms with Crippen molar-refractivity contribution in [1.82, 2.24) is 5.06 Å². The Kier molecular flexibility index (Phi) is 5.33. The van der Waals surface area contributed by atoms with Crippen molar-refractivity contribution in [2.24, 2.45) is 0 Å². The van der Waals surface area contributed by atoms with E-state index in [1.54, 1.807) is 0 Å². The van der Waals surface area contributed by atoms with Crippen LogP contribution in [0.5, 0.6) is 0 Å². The molecule has 2 aliphatic heterocycles. The van der Waals surface area contributed by atoms with Crippen LogP contribution in [0.1, 0.15) is 12.8 Å². The Labute approximate surface area is 181 Å². The molecule has 4 rings (SSSR count). The molecule has 2 aliphatic rings. The van der Waals surface area contributed by atoms with Crippen LogP contribution in [0.4, 0.5) is 11.4 Å². The summed E-state index contributed by atoms with van der Waals surface area (Å²) >= 11 is 11.7. The molecule has 2 heterocycles. The Morgan fingerprint density at radius 3 is 1.37 bits per heavy atom. The molecule has 2 aromatic carbocycles. The lowest BCUT2D eigenvalue weighted by atomic mass is 10.1. The smallest absolute Gasteiger partial charge is 0.254 e. The molecular formula is C20H15Cl2N3O5. The van der Waals surface area contributed by atoms with Crippen LogP contribution in [0.3, 0.4) is 0 Å². The number of hydrogen-bond acceptors (Lipinski definition) is 6. The largest absolute Gasteiger partial charge is 0.312 e. The molecule has 0 radical (unpaired) electrons. The van der Waals surface area contributed by atoms with Gasteiger partial charge >= 0.3 is 0 Å². The number of benzene rings is 2. The highest BCUT2D eigenvalue weighted by molar-refractivity contribution is 6.31. The van der Waals surface area contributed by atoms with Crippen LogP contribution < -0.4 is 9.80 Å². The molecule has 2 fully saturated rings. The third-order valence-electron chi connectivity index (χ3n) is 5.05. The SMILES string of the molecule is O=C1C[C@@H](N(O)[C@H]2CC(=O)N(c3ccc(Cl)cc3)C2=O)C(=O)N1c1ccc(Cl)cc1. The van der Waals surface area contributed by atoms with Crippen LogP contribution in [0.2, 0.25) is 10.0 Å². The molecule has 4 amide bonds. The van der Waals surface area contributed by atoms with Gasteiger partial charge in [-0.2, -0.15) is 5.06 Å². The summed E-state index contributed by atoms with van der Waals surface area (Å²) in [6.45, 7) is 0. The summed E-state index contributed by atoms with van der Waals surface area (Å²) in [4.78, 5) is 52.4. The number of hydrogen-bond donors (Lipinski definition) is 1. The lowest BCUT2D eigenvalue weighted by Gasteiger charge is -2.25. The molecule has 10 heteroatoms. The molecule has 0 aliphatic carbocycles. The number of nitrogens with zero attached hydrogens (tertiary/aromatic N) is 3. The van der Waals surface area contributed by atoms with Crippen LogP contribution in [-0.4, -0.2) is 46.0 Å². The van der Waals surface area contributed by atoms with Crippen LogP contribution >= 0.6 is 23.2 Å². The molecule has 154 valence electrons. The van der Waals surface area contributed by atoms with Gasteiger partial charge in [0.25, 0.3) is 11.8 Å². The van der Waals surface area contributed by atoms with E-state index in [0.717, 1.165) is 9.80 Å². The predicted molar refractivity (Wildman–Crippen MR) is 108 cm³/mol. The van der Waals surface area contributed by atoms with Gasteiger partial charge in [-0.25, -0.2) is 9.80 Å². The predicted octanol–water partition coefficient (Wildman–Crippen LogP) is 2.65. The second-order valence-corrected chi connectivity index (χ2v) is 7.78. The van der Waals surface area contributed by atoms with Gasteiger partial charge in [0.2, 0.25) is 11.8 Å². The molecule has 0 saturated carbocycles. The van der Waals surface area contributed by atoms with Crippen molar-refractivity contribution >= 4 is 58.2 Å². The Balaban J connectivity index is 1.55. The third-order valence-corrected chi connectivity index (χ3v) is 5.56. The van der Waals surface area contributed by atoms with Gasteiger partial charge in [0.05, 0.1) is 24.2 Å². The molecule has 0 bridgehead atoms. The molecule has 0 unspecified atom stereocenters. The average molecular weight is 448 g/mol. The Morgan fingerprint density at radius 1 is 0.700 bits per heavy atom. The maximum atomic E-state index is 12.8. The Hall–Kier alpha value is -2.78. The first-order valence-corrected chi connectivity index (χ1v) is 9.75. The lowest BCUT2D eigenvalue weighted by molar-refractivity contribution is -0.172. The highest BCUT2D eigenvalue weighted by Crippen LogP contribution is 2.31. The quantitative estimate of drug-likeness (QED) is 0.571. The average Bonchev–Trinajstić information content (AvgIpc) is 3.18. The maximum absolute atomic E-state index is 12.8. The highest BCUT2D eigenvalue weighted by Gasteiger charge is 2.50. The van der Waals surface area contributed by atoms with Crippen molar-refractivity contribution in [3.8, 4) is 0 Å². The van der Waals surface area contributed by atoms with Crippen molar-refractivity contribution in [1.29, 1.82) is 0 Å². The van der Waals surface area contributed by atoms with E-state index in [-0.39, 0.29) is 12.8 Å². The minimum Gasteiger partial charge on any atom is -0.312 e. The highest BCUT2D eigenvalue weighted by atomic mass is 35.5. The monoisotopic (exact) mass is 447 g/mol. The standard InChI is InChI=1S/C20H15Cl2N3O5/c21-11-1-5-13(6-2-11)23-17(26)9-15(19(23)28)25(30)16-10-18(27)24(20(16)29)14-7-3-12(22)4-8-14/h1-8,15-16,30H,9-10H2/t15-,16+. The summed E-state index contributed by atoms with van der Waals surface area (Å²) in [6.07, 6.45) is -0.645. The lowest BCUT2D eigenvalue weighted by Crippen LogP contribution is -2.49. The number of imide groups is 2. The van der Waals surface area contributed by atoms with Gasteiger partial charge in [0.1, 0.15) is 12.1 Å². The number of rotatable bonds is 4. The van der Waals surface area contributed by atoms with E-state index in [4.69, 9.17) is 23.2 Å². The molecule has 2 atom stereocenters. The molecule has 8 nitrogen and oxygen atoms in total. The number of anilines is 2. The van der Waals surface area contributed by atoms with Crippen LogP contribution in [0.15, 0.2) is 48.5 Å². The van der Waals surface area contributed by atoms with E-state index in [1.165, 1.54) is 48.5 Å². The van der Waals surface area contributed by atoms with Crippen LogP contribution in [-0.2, 0) is 19.2 Å². The van der Waals surface area contributed by atoms with Crippen molar-refractivity contribution in [3.63, 3.8) is 0 Å². The second-order valence-electron chi connectivity index (χ2n) is 6.91. The minimum atomic E-state index is -1.28. The number of hydroxylamine groups is 2. The van der Waals surface area contributed by atoms with E-state index in [0.29, 0.717) is 26.5 Å². The second kappa shape index (κ2) is 7.81. The molecular weight excluding hydrogens is 433 g/mol. The van der Waals surface area contributed by atoms with Gasteiger partial charge in [-0.05, 0) is 48.5 Å². The minimum absolute atomic E-state index is 0.307. The fourth-order valence-corrected chi connectivity index (χ4v) is 3.84. The molecule has 30 heavy (non-hydrogen) atoms. The van der Waals surface area contributed by atoms with Gasteiger partial charge in [-0.1, -0.05) is 23.2 Å². The van der Waals surface area contributed by atoms with Crippen molar-refractivity contribution in [2.45, 2.75) is 24.9 Å². The summed E-state index contributed by atoms with van der Waals surface area (Å²) in [5.41, 5.74) is 0.615. The zero-order chi connectivity index (χ0) is 21.6. The first-order valence-electron chi connectivity index (χ1n) is 9.00. The molecule has 0 spiro atoms. The topological polar surface area (TPSA) is 98.2 Å². The van der Waals surface area contributed by atoms with E-state index < -0.39 is 35.7 Å². The van der Waals surface area contributed by atoms with Crippen LogP contribution in [0.25, 0.3) is 0 Å². The number of amides is 4. The Bertz CT molecular complexity index is 958. The van der Waals surface area contributed by atoms with Gasteiger partial charge in [0, 0.05) is 10.0 Å². The fraction of sp³-hybridized carbons (Fsp3) is 0.200. The summed E-state index contributed by atoms with van der Waals surface area (Å²) in [5.74, 6) is -2.43. The summed E-state index contributed by atoms with van der Waals surface area (Å²) in [5, 5.41) is 12.0. The normalized spacial score (nSPS) is 22.0. The van der Waals surface area contributed by atoms with Crippen molar-refractivity contribution in [2.75, 3.05) is 9.80 Å². The number of carbonyl (C=O) groups is 4. The molecule has 1 N–H and O–H groups in total. The van der Waals surface area contributed by atoms with Gasteiger partial charge in [-0.3, -0.25) is 19.2 Å². The van der Waals surface area contributed by atoms with E-state index in [2.05, 4.69) is 0 Å². The first-order chi connectivity index (χ1) is 14.3. The molecule has 2 aromatic rings.